The minimum absolute atomic E-state index is 1.07. The van der Waals surface area contributed by atoms with E-state index in [0.717, 1.165) is 11.4 Å². The van der Waals surface area contributed by atoms with Crippen molar-refractivity contribution in [2.45, 2.75) is 0 Å². The molecule has 49 valence electrons. The number of nitrogens with one attached hydrogen (secondary N) is 2. The molecule has 0 saturated carbocycles. The van der Waals surface area contributed by atoms with Crippen LogP contribution in [0, 0.1) is 6.07 Å². The average Bonchev–Trinajstić information content (AvgIpc) is 2.05. The van der Waals surface area contributed by atoms with Gasteiger partial charge in [0.2, 0.25) is 0 Å². The topological polar surface area (TPSA) is 24.1 Å². The maximum atomic E-state index is 3.10. The smallest absolute Gasteiger partial charge is 0.0625 e. The molecule has 0 fully saturated rings. The highest BCUT2D eigenvalue weighted by Gasteiger charge is 1.99. The first-order valence-electron chi connectivity index (χ1n) is 3.15. The molecule has 2 rings (SSSR count). The van der Waals surface area contributed by atoms with Gasteiger partial charge in [0, 0.05) is 12.4 Å². The van der Waals surface area contributed by atoms with Gasteiger partial charge in [-0.3, -0.25) is 0 Å². The van der Waals surface area contributed by atoms with Crippen LogP contribution in [-0.2, 0) is 0 Å². The van der Waals surface area contributed by atoms with Crippen molar-refractivity contribution in [3.05, 3.63) is 36.7 Å². The van der Waals surface area contributed by atoms with Gasteiger partial charge in [-0.15, -0.1) is 0 Å². The Morgan fingerprint density at radius 1 is 1.10 bits per heavy atom. The van der Waals surface area contributed by atoms with Crippen LogP contribution in [0.25, 0.3) is 0 Å². The normalized spacial score (nSPS) is 13.2. The van der Waals surface area contributed by atoms with Crippen molar-refractivity contribution in [3.63, 3.8) is 0 Å². The SMILES string of the molecule is [c]1ccc2c(c1)NC=CN2. The van der Waals surface area contributed by atoms with Crippen LogP contribution in [0.4, 0.5) is 11.4 Å². The predicted molar refractivity (Wildman–Crippen MR) is 41.7 cm³/mol. The van der Waals surface area contributed by atoms with Gasteiger partial charge in [-0.25, -0.2) is 0 Å². The lowest BCUT2D eigenvalue weighted by molar-refractivity contribution is 1.46. The minimum atomic E-state index is 1.07. The Bertz CT molecular complexity index is 239. The second kappa shape index (κ2) is 2.06. The first-order valence-corrected chi connectivity index (χ1v) is 3.15. The second-order valence-corrected chi connectivity index (χ2v) is 2.09. The molecule has 1 heterocycles. The highest BCUT2D eigenvalue weighted by Crippen LogP contribution is 2.22. The molecule has 0 aromatic heterocycles. The van der Waals surface area contributed by atoms with Gasteiger partial charge in [0.05, 0.1) is 11.4 Å². The number of rotatable bonds is 0. The molecule has 1 aromatic rings. The Morgan fingerprint density at radius 3 is 2.70 bits per heavy atom. The summed E-state index contributed by atoms with van der Waals surface area (Å²) in [5.41, 5.74) is 2.17. The van der Waals surface area contributed by atoms with Crippen molar-refractivity contribution >= 4 is 11.4 Å². The van der Waals surface area contributed by atoms with Crippen LogP contribution in [0.5, 0.6) is 0 Å². The fourth-order valence-corrected chi connectivity index (χ4v) is 0.939. The third kappa shape index (κ3) is 0.739. The molecule has 10 heavy (non-hydrogen) atoms. The van der Waals surface area contributed by atoms with Crippen LogP contribution in [0.15, 0.2) is 30.6 Å². The van der Waals surface area contributed by atoms with Crippen molar-refractivity contribution in [2.24, 2.45) is 0 Å². The van der Waals surface area contributed by atoms with Crippen LogP contribution >= 0.6 is 0 Å². The predicted octanol–water partition coefficient (Wildman–Crippen LogP) is 1.80. The zero-order valence-electron chi connectivity index (χ0n) is 5.39. The van der Waals surface area contributed by atoms with E-state index in [1.54, 1.807) is 0 Å². The maximum Gasteiger partial charge on any atom is 0.0625 e. The Balaban J connectivity index is 2.47. The van der Waals surface area contributed by atoms with Crippen molar-refractivity contribution in [2.75, 3.05) is 10.6 Å². The Hall–Kier alpha value is -1.44. The fraction of sp³-hybridized carbons (Fsp3) is 0. The number of hydrogen-bond donors (Lipinski definition) is 2. The molecule has 1 radical (unpaired) electrons. The zero-order chi connectivity index (χ0) is 6.81. The van der Waals surface area contributed by atoms with Gasteiger partial charge in [0.15, 0.2) is 0 Å². The molecule has 0 amide bonds. The second-order valence-electron chi connectivity index (χ2n) is 2.09. The van der Waals surface area contributed by atoms with E-state index in [-0.39, 0.29) is 0 Å². The zero-order valence-corrected chi connectivity index (χ0v) is 5.39. The Kier molecular flexibility index (Phi) is 1.10. The number of fused-ring (bicyclic) bond motifs is 1. The van der Waals surface area contributed by atoms with Gasteiger partial charge in [0.25, 0.3) is 0 Å². The maximum absolute atomic E-state index is 3.10. The van der Waals surface area contributed by atoms with Crippen LogP contribution < -0.4 is 10.6 Å². The third-order valence-corrected chi connectivity index (χ3v) is 1.43. The summed E-state index contributed by atoms with van der Waals surface area (Å²) in [6, 6.07) is 8.75. The summed E-state index contributed by atoms with van der Waals surface area (Å²) in [6.45, 7) is 0. The molecule has 1 aliphatic rings. The monoisotopic (exact) mass is 131 g/mol. The Morgan fingerprint density at radius 2 is 1.90 bits per heavy atom. The standard InChI is InChI=1S/C8H7N2/c1-2-4-8-7(3-1)9-5-6-10-8/h1,3-6,9-10H. The Labute approximate surface area is 59.6 Å². The summed E-state index contributed by atoms with van der Waals surface area (Å²) in [5, 5.41) is 6.19. The van der Waals surface area contributed by atoms with E-state index in [9.17, 15) is 0 Å². The summed E-state index contributed by atoms with van der Waals surface area (Å²) in [7, 11) is 0. The van der Waals surface area contributed by atoms with Gasteiger partial charge < -0.3 is 10.6 Å². The quantitative estimate of drug-likeness (QED) is 0.561. The largest absolute Gasteiger partial charge is 0.359 e. The molecule has 2 nitrogen and oxygen atoms in total. The van der Waals surface area contributed by atoms with E-state index in [4.69, 9.17) is 0 Å². The first-order chi connectivity index (χ1) is 4.97. The van der Waals surface area contributed by atoms with Gasteiger partial charge in [0.1, 0.15) is 0 Å². The summed E-state index contributed by atoms with van der Waals surface area (Å²) in [5.74, 6) is 0. The van der Waals surface area contributed by atoms with Crippen molar-refractivity contribution < 1.29 is 0 Å². The molecule has 2 N–H and O–H groups in total. The molecule has 0 bridgehead atoms. The van der Waals surface area contributed by atoms with Crippen molar-refractivity contribution in [1.82, 2.24) is 0 Å². The van der Waals surface area contributed by atoms with Gasteiger partial charge in [-0.1, -0.05) is 6.07 Å². The van der Waals surface area contributed by atoms with Crippen LogP contribution in [0.1, 0.15) is 0 Å². The van der Waals surface area contributed by atoms with E-state index in [2.05, 4.69) is 16.7 Å². The lowest BCUT2D eigenvalue weighted by Gasteiger charge is -2.12. The minimum Gasteiger partial charge on any atom is -0.359 e. The van der Waals surface area contributed by atoms with E-state index in [0.29, 0.717) is 0 Å². The highest BCUT2D eigenvalue weighted by atomic mass is 15.0. The van der Waals surface area contributed by atoms with E-state index >= 15 is 0 Å². The van der Waals surface area contributed by atoms with Crippen LogP contribution in [0.2, 0.25) is 0 Å². The summed E-state index contributed by atoms with van der Waals surface area (Å²) in [6.07, 6.45) is 3.72. The van der Waals surface area contributed by atoms with Crippen molar-refractivity contribution in [1.29, 1.82) is 0 Å². The molecule has 1 aromatic carbocycles. The fourth-order valence-electron chi connectivity index (χ4n) is 0.939. The number of hydrogen-bond acceptors (Lipinski definition) is 2. The molecule has 2 heteroatoms. The highest BCUT2D eigenvalue weighted by molar-refractivity contribution is 5.72. The van der Waals surface area contributed by atoms with Crippen LogP contribution in [-0.4, -0.2) is 0 Å². The molecular weight excluding hydrogens is 124 g/mol. The van der Waals surface area contributed by atoms with E-state index < -0.39 is 0 Å². The first kappa shape index (κ1) is 5.35. The molecule has 0 unspecified atom stereocenters. The molecule has 1 aliphatic heterocycles. The molecule has 0 spiro atoms. The molecule has 0 saturated heterocycles. The molecule has 0 atom stereocenters. The molecular formula is C8H7N2. The van der Waals surface area contributed by atoms with E-state index in [1.807, 2.05) is 30.6 Å². The lowest BCUT2D eigenvalue weighted by Crippen LogP contribution is -2.01. The molecule has 0 aliphatic carbocycles. The summed E-state index contributed by atoms with van der Waals surface area (Å²) >= 11 is 0. The lowest BCUT2D eigenvalue weighted by atomic mass is 10.2. The van der Waals surface area contributed by atoms with Gasteiger partial charge >= 0.3 is 0 Å². The number of benzene rings is 1. The average molecular weight is 131 g/mol. The third-order valence-electron chi connectivity index (χ3n) is 1.43. The summed E-state index contributed by atoms with van der Waals surface area (Å²) < 4.78 is 0. The van der Waals surface area contributed by atoms with E-state index in [1.165, 1.54) is 0 Å². The number of anilines is 2. The van der Waals surface area contributed by atoms with Gasteiger partial charge in [-0.05, 0) is 18.2 Å². The summed E-state index contributed by atoms with van der Waals surface area (Å²) in [4.78, 5) is 0. The van der Waals surface area contributed by atoms with Crippen molar-refractivity contribution in [3.8, 4) is 0 Å². The van der Waals surface area contributed by atoms with Gasteiger partial charge in [-0.2, -0.15) is 0 Å². The van der Waals surface area contributed by atoms with Crippen LogP contribution in [0.3, 0.4) is 0 Å².